The van der Waals surface area contributed by atoms with Crippen LogP contribution in [0.4, 0.5) is 5.69 Å². The van der Waals surface area contributed by atoms with Gasteiger partial charge in [-0.3, -0.25) is 0 Å². The molecule has 1 aromatic carbocycles. The van der Waals surface area contributed by atoms with Gasteiger partial charge in [0.2, 0.25) is 0 Å². The molecule has 0 aromatic heterocycles. The Balaban J connectivity index is 2.36. The predicted octanol–water partition coefficient (Wildman–Crippen LogP) is 3.80. The topological polar surface area (TPSA) is 3.24 Å². The van der Waals surface area contributed by atoms with Crippen LogP contribution in [-0.4, -0.2) is 12.1 Å². The minimum Gasteiger partial charge on any atom is -0.366 e. The molecule has 15 heavy (non-hydrogen) atoms. The number of alkyl halides is 1. The van der Waals surface area contributed by atoms with Crippen LogP contribution in [-0.2, 0) is 5.88 Å². The van der Waals surface area contributed by atoms with Crippen molar-refractivity contribution in [3.8, 4) is 0 Å². The summed E-state index contributed by atoms with van der Waals surface area (Å²) >= 11 is 5.98. The quantitative estimate of drug-likeness (QED) is 0.690. The fraction of sp³-hybridized carbons (Fsp3) is 0.538. The number of benzene rings is 1. The summed E-state index contributed by atoms with van der Waals surface area (Å²) in [5.41, 5.74) is 2.84. The van der Waals surface area contributed by atoms with E-state index in [-0.39, 0.29) is 5.54 Å². The highest BCUT2D eigenvalue weighted by Crippen LogP contribution is 2.35. The van der Waals surface area contributed by atoms with Gasteiger partial charge in [0.25, 0.3) is 0 Å². The maximum atomic E-state index is 5.98. The molecule has 0 unspecified atom stereocenters. The van der Waals surface area contributed by atoms with Crippen molar-refractivity contribution < 1.29 is 0 Å². The van der Waals surface area contributed by atoms with E-state index in [2.05, 4.69) is 43.0 Å². The summed E-state index contributed by atoms with van der Waals surface area (Å²) in [7, 11) is 0. The third kappa shape index (κ3) is 1.98. The van der Waals surface area contributed by atoms with Crippen LogP contribution < -0.4 is 4.90 Å². The largest absolute Gasteiger partial charge is 0.366 e. The van der Waals surface area contributed by atoms with Gasteiger partial charge in [-0.25, -0.2) is 0 Å². The number of hydrogen-bond donors (Lipinski definition) is 0. The van der Waals surface area contributed by atoms with Crippen molar-refractivity contribution in [2.75, 3.05) is 11.4 Å². The second-order valence-electron chi connectivity index (χ2n) is 4.83. The van der Waals surface area contributed by atoms with Crippen molar-refractivity contribution in [2.24, 2.45) is 0 Å². The molecule has 2 rings (SSSR count). The molecule has 0 bridgehead atoms. The Morgan fingerprint density at radius 2 is 2.07 bits per heavy atom. The van der Waals surface area contributed by atoms with Crippen LogP contribution in [0.15, 0.2) is 24.3 Å². The van der Waals surface area contributed by atoms with E-state index >= 15 is 0 Å². The summed E-state index contributed by atoms with van der Waals surface area (Å²) in [5.74, 6) is 0.600. The molecule has 1 aliphatic heterocycles. The average molecular weight is 224 g/mol. The maximum absolute atomic E-state index is 5.98. The first-order valence-electron chi connectivity index (χ1n) is 5.57. The molecule has 0 atom stereocenters. The van der Waals surface area contributed by atoms with Crippen LogP contribution >= 0.6 is 11.6 Å². The Hall–Kier alpha value is -0.690. The van der Waals surface area contributed by atoms with Gasteiger partial charge < -0.3 is 4.90 Å². The lowest BCUT2D eigenvalue weighted by molar-refractivity contribution is 0.517. The van der Waals surface area contributed by atoms with E-state index in [0.29, 0.717) is 5.88 Å². The Labute approximate surface area is 97.0 Å². The molecule has 0 amide bonds. The predicted molar refractivity (Wildman–Crippen MR) is 66.7 cm³/mol. The Kier molecular flexibility index (Phi) is 2.92. The van der Waals surface area contributed by atoms with E-state index in [0.717, 1.165) is 6.54 Å². The lowest BCUT2D eigenvalue weighted by atomic mass is 10.0. The van der Waals surface area contributed by atoms with Crippen molar-refractivity contribution in [2.45, 2.75) is 38.1 Å². The molecule has 1 fully saturated rings. The molecule has 1 aliphatic rings. The van der Waals surface area contributed by atoms with Gasteiger partial charge in [0, 0.05) is 23.7 Å². The molecular formula is C13H18ClN. The summed E-state index contributed by atoms with van der Waals surface area (Å²) in [6, 6.07) is 8.46. The van der Waals surface area contributed by atoms with Crippen LogP contribution in [0.25, 0.3) is 0 Å². The molecule has 0 saturated carbocycles. The zero-order valence-electron chi connectivity index (χ0n) is 9.46. The van der Waals surface area contributed by atoms with Gasteiger partial charge in [-0.1, -0.05) is 18.2 Å². The number of halogens is 1. The summed E-state index contributed by atoms with van der Waals surface area (Å²) < 4.78 is 0. The SMILES string of the molecule is CC1(C)CCCN1c1ccccc1CCl. The van der Waals surface area contributed by atoms with E-state index in [1.807, 2.05) is 0 Å². The molecule has 82 valence electrons. The van der Waals surface area contributed by atoms with E-state index in [9.17, 15) is 0 Å². The first kappa shape index (κ1) is 10.8. The van der Waals surface area contributed by atoms with E-state index in [1.165, 1.54) is 24.1 Å². The molecular weight excluding hydrogens is 206 g/mol. The zero-order valence-corrected chi connectivity index (χ0v) is 10.2. The number of rotatable bonds is 2. The third-order valence-electron chi connectivity index (χ3n) is 3.33. The normalized spacial score (nSPS) is 19.5. The highest BCUT2D eigenvalue weighted by molar-refractivity contribution is 6.17. The highest BCUT2D eigenvalue weighted by atomic mass is 35.5. The molecule has 0 radical (unpaired) electrons. The second kappa shape index (κ2) is 4.05. The maximum Gasteiger partial charge on any atom is 0.0494 e. The smallest absolute Gasteiger partial charge is 0.0494 e. The second-order valence-corrected chi connectivity index (χ2v) is 5.10. The van der Waals surface area contributed by atoms with Gasteiger partial charge in [-0.15, -0.1) is 11.6 Å². The van der Waals surface area contributed by atoms with E-state index in [1.54, 1.807) is 0 Å². The molecule has 1 heterocycles. The molecule has 2 heteroatoms. The molecule has 0 spiro atoms. The lowest BCUT2D eigenvalue weighted by Gasteiger charge is -2.35. The molecule has 0 N–H and O–H groups in total. The molecule has 1 nitrogen and oxygen atoms in total. The molecule has 1 saturated heterocycles. The first-order valence-corrected chi connectivity index (χ1v) is 6.10. The number of anilines is 1. The van der Waals surface area contributed by atoms with Gasteiger partial charge in [-0.05, 0) is 38.3 Å². The van der Waals surface area contributed by atoms with Crippen molar-refractivity contribution in [1.29, 1.82) is 0 Å². The highest BCUT2D eigenvalue weighted by Gasteiger charge is 2.32. The van der Waals surface area contributed by atoms with Crippen LogP contribution in [0, 0.1) is 0 Å². The Morgan fingerprint density at radius 1 is 1.33 bits per heavy atom. The van der Waals surface area contributed by atoms with Crippen molar-refractivity contribution in [3.63, 3.8) is 0 Å². The number of nitrogens with zero attached hydrogens (tertiary/aromatic N) is 1. The summed E-state index contributed by atoms with van der Waals surface area (Å²) in [6.45, 7) is 5.77. The van der Waals surface area contributed by atoms with E-state index < -0.39 is 0 Å². The van der Waals surface area contributed by atoms with Gasteiger partial charge in [0.05, 0.1) is 0 Å². The van der Waals surface area contributed by atoms with Crippen LogP contribution in [0.2, 0.25) is 0 Å². The van der Waals surface area contributed by atoms with E-state index in [4.69, 9.17) is 11.6 Å². The minimum absolute atomic E-state index is 0.280. The number of para-hydroxylation sites is 1. The number of hydrogen-bond acceptors (Lipinski definition) is 1. The van der Waals surface area contributed by atoms with Crippen LogP contribution in [0.3, 0.4) is 0 Å². The van der Waals surface area contributed by atoms with Gasteiger partial charge in [-0.2, -0.15) is 0 Å². The summed E-state index contributed by atoms with van der Waals surface area (Å²) in [5, 5.41) is 0. The third-order valence-corrected chi connectivity index (χ3v) is 3.62. The molecule has 0 aliphatic carbocycles. The van der Waals surface area contributed by atoms with Crippen molar-refractivity contribution in [3.05, 3.63) is 29.8 Å². The Morgan fingerprint density at radius 3 is 2.67 bits per heavy atom. The first-order chi connectivity index (χ1) is 7.15. The average Bonchev–Trinajstić information content (AvgIpc) is 2.58. The van der Waals surface area contributed by atoms with Gasteiger partial charge >= 0.3 is 0 Å². The Bertz CT molecular complexity index is 346. The minimum atomic E-state index is 0.280. The monoisotopic (exact) mass is 223 g/mol. The molecule has 1 aromatic rings. The van der Waals surface area contributed by atoms with Crippen molar-refractivity contribution >= 4 is 17.3 Å². The fourth-order valence-corrected chi connectivity index (χ4v) is 2.67. The zero-order chi connectivity index (χ0) is 10.9. The standard InChI is InChI=1S/C13H18ClN/c1-13(2)8-5-9-15(13)12-7-4-3-6-11(12)10-14/h3-4,6-7H,5,8-10H2,1-2H3. The van der Waals surface area contributed by atoms with Crippen LogP contribution in [0.1, 0.15) is 32.3 Å². The fourth-order valence-electron chi connectivity index (χ4n) is 2.44. The van der Waals surface area contributed by atoms with Gasteiger partial charge in [0.15, 0.2) is 0 Å². The summed E-state index contributed by atoms with van der Waals surface area (Å²) in [6.07, 6.45) is 2.55. The van der Waals surface area contributed by atoms with Crippen LogP contribution in [0.5, 0.6) is 0 Å². The lowest BCUT2D eigenvalue weighted by Crippen LogP contribution is -2.38. The summed E-state index contributed by atoms with van der Waals surface area (Å²) in [4.78, 5) is 2.49. The van der Waals surface area contributed by atoms with Crippen molar-refractivity contribution in [1.82, 2.24) is 0 Å². The van der Waals surface area contributed by atoms with Gasteiger partial charge in [0.1, 0.15) is 0 Å².